The Hall–Kier alpha value is -3.99. The maximum Gasteiger partial charge on any atom is 0.270 e. The van der Waals surface area contributed by atoms with Crippen LogP contribution in [-0.2, 0) is 0 Å². The second-order valence-electron chi connectivity index (χ2n) is 8.80. The molecule has 0 radical (unpaired) electrons. The van der Waals surface area contributed by atoms with Crippen molar-refractivity contribution in [2.75, 3.05) is 54.9 Å². The van der Waals surface area contributed by atoms with Crippen LogP contribution in [0.25, 0.3) is 10.8 Å². The summed E-state index contributed by atoms with van der Waals surface area (Å²) in [4.78, 5) is 33.8. The molecule has 0 unspecified atom stereocenters. The molecule has 1 saturated heterocycles. The van der Waals surface area contributed by atoms with Crippen molar-refractivity contribution in [3.05, 3.63) is 78.0 Å². The van der Waals surface area contributed by atoms with Gasteiger partial charge in [0, 0.05) is 49.7 Å². The van der Waals surface area contributed by atoms with Crippen LogP contribution in [0.1, 0.15) is 20.8 Å². The van der Waals surface area contributed by atoms with Crippen LogP contribution in [-0.4, -0.2) is 66.1 Å². The average Bonchev–Trinajstić information content (AvgIpc) is 3.31. The molecule has 37 heavy (non-hydrogen) atoms. The minimum absolute atomic E-state index is 0.0130. The van der Waals surface area contributed by atoms with E-state index >= 15 is 0 Å². The maximum atomic E-state index is 13.0. The Morgan fingerprint density at radius 2 is 1.70 bits per heavy atom. The highest BCUT2D eigenvalue weighted by Gasteiger charge is 2.20. The summed E-state index contributed by atoms with van der Waals surface area (Å²) in [5.74, 6) is -1.06. The number of piperazine rings is 1. The minimum atomic E-state index is -0.714. The molecule has 1 fully saturated rings. The average molecular weight is 517 g/mol. The molecule has 0 spiro atoms. The first-order valence-electron chi connectivity index (χ1n) is 12.1. The van der Waals surface area contributed by atoms with Gasteiger partial charge in [-0.2, -0.15) is 0 Å². The molecule has 0 atom stereocenters. The summed E-state index contributed by atoms with van der Waals surface area (Å²) in [5, 5.41) is 18.1. The van der Waals surface area contributed by atoms with Crippen LogP contribution in [0, 0.1) is 0 Å². The van der Waals surface area contributed by atoms with Crippen molar-refractivity contribution in [3.63, 3.8) is 0 Å². The van der Waals surface area contributed by atoms with Gasteiger partial charge in [0.2, 0.25) is 0 Å². The number of hydrogen-bond donors (Lipinski definition) is 4. The first-order valence-corrected chi connectivity index (χ1v) is 12.9. The molecule has 1 aliphatic heterocycles. The number of aromatic nitrogens is 1. The number of nitrogens with two attached hydrogens (primary N) is 1. The van der Waals surface area contributed by atoms with Crippen LogP contribution in [0.2, 0.25) is 0 Å². The van der Waals surface area contributed by atoms with Gasteiger partial charge in [0.1, 0.15) is 5.00 Å². The second kappa shape index (κ2) is 11.0. The Balaban J connectivity index is 1.27. The normalized spacial score (nSPS) is 14.0. The number of nitrogens with one attached hydrogen (secondary N) is 2. The van der Waals surface area contributed by atoms with Crippen molar-refractivity contribution in [2.45, 2.75) is 0 Å². The van der Waals surface area contributed by atoms with E-state index in [0.717, 1.165) is 59.7 Å². The number of carbonyl (C=O) groups is 2. The smallest absolute Gasteiger partial charge is 0.270 e. The van der Waals surface area contributed by atoms with Crippen LogP contribution < -0.4 is 21.3 Å². The molecule has 5 N–H and O–H groups in total. The number of fused-ring (bicyclic) bond motifs is 1. The Morgan fingerprint density at radius 3 is 2.41 bits per heavy atom. The Kier molecular flexibility index (Phi) is 7.31. The fourth-order valence-corrected chi connectivity index (χ4v) is 5.27. The number of rotatable bonds is 8. The summed E-state index contributed by atoms with van der Waals surface area (Å²) in [6.45, 7) is 4.36. The molecule has 2 heterocycles. The van der Waals surface area contributed by atoms with Crippen LogP contribution in [0.15, 0.2) is 66.7 Å². The van der Waals surface area contributed by atoms with Crippen molar-refractivity contribution >= 4 is 55.4 Å². The van der Waals surface area contributed by atoms with Crippen molar-refractivity contribution < 1.29 is 14.7 Å². The van der Waals surface area contributed by atoms with E-state index in [1.807, 2.05) is 54.6 Å². The number of nitrogens with zero attached hydrogens (tertiary/aromatic N) is 3. The quantitative estimate of drug-likeness (QED) is 0.283. The number of aliphatic hydroxyl groups excluding tert-OH is 1. The first kappa shape index (κ1) is 24.7. The Morgan fingerprint density at radius 1 is 0.973 bits per heavy atom. The monoisotopic (exact) mass is 516 g/mol. The third-order valence-corrected chi connectivity index (χ3v) is 7.26. The molecule has 190 valence electrons. The van der Waals surface area contributed by atoms with Gasteiger partial charge in [-0.1, -0.05) is 41.7 Å². The maximum absolute atomic E-state index is 13.0. The lowest BCUT2D eigenvalue weighted by molar-refractivity contribution is 0.0997. The minimum Gasteiger partial charge on any atom is -0.395 e. The van der Waals surface area contributed by atoms with Crippen LogP contribution >= 0.6 is 11.3 Å². The van der Waals surface area contributed by atoms with Gasteiger partial charge in [-0.25, -0.2) is 4.98 Å². The van der Waals surface area contributed by atoms with Gasteiger partial charge in [0.25, 0.3) is 11.8 Å². The molecule has 1 aromatic heterocycles. The van der Waals surface area contributed by atoms with Crippen molar-refractivity contribution in [3.8, 4) is 0 Å². The van der Waals surface area contributed by atoms with E-state index in [2.05, 4.69) is 25.4 Å². The predicted molar refractivity (Wildman–Crippen MR) is 148 cm³/mol. The topological polar surface area (TPSA) is 124 Å². The lowest BCUT2D eigenvalue weighted by Gasteiger charge is -2.35. The summed E-state index contributed by atoms with van der Waals surface area (Å²) in [5.41, 5.74) is 7.88. The largest absolute Gasteiger partial charge is 0.395 e. The highest BCUT2D eigenvalue weighted by molar-refractivity contribution is 7.20. The van der Waals surface area contributed by atoms with Crippen LogP contribution in [0.5, 0.6) is 0 Å². The molecule has 5 rings (SSSR count). The SMILES string of the molecule is NC(=O)c1nc(Nc2ccc3ccccc3c2)sc1NC(=O)c1ccc(N2CCN(CCO)CC2)cc1. The number of amides is 2. The molecule has 0 aliphatic carbocycles. The van der Waals surface area contributed by atoms with Gasteiger partial charge in [-0.3, -0.25) is 14.5 Å². The van der Waals surface area contributed by atoms with E-state index in [1.54, 1.807) is 12.1 Å². The van der Waals surface area contributed by atoms with E-state index in [-0.39, 0.29) is 18.2 Å². The zero-order valence-corrected chi connectivity index (χ0v) is 21.0. The van der Waals surface area contributed by atoms with Crippen molar-refractivity contribution in [2.24, 2.45) is 5.73 Å². The number of primary amides is 1. The summed E-state index contributed by atoms with van der Waals surface area (Å²) in [6, 6.07) is 21.3. The van der Waals surface area contributed by atoms with Crippen LogP contribution in [0.4, 0.5) is 21.5 Å². The number of anilines is 4. The fourth-order valence-electron chi connectivity index (χ4n) is 4.39. The highest BCUT2D eigenvalue weighted by Crippen LogP contribution is 2.32. The molecule has 3 aromatic carbocycles. The summed E-state index contributed by atoms with van der Waals surface area (Å²) in [6.07, 6.45) is 0. The van der Waals surface area contributed by atoms with E-state index in [1.165, 1.54) is 0 Å². The number of hydrogen-bond acceptors (Lipinski definition) is 8. The summed E-state index contributed by atoms with van der Waals surface area (Å²) < 4.78 is 0. The van der Waals surface area contributed by atoms with E-state index in [0.29, 0.717) is 22.2 Å². The summed E-state index contributed by atoms with van der Waals surface area (Å²) in [7, 11) is 0. The lowest BCUT2D eigenvalue weighted by Crippen LogP contribution is -2.47. The third kappa shape index (κ3) is 5.72. The number of thiazole rings is 1. The Bertz CT molecular complexity index is 1410. The van der Waals surface area contributed by atoms with Gasteiger partial charge < -0.3 is 26.4 Å². The van der Waals surface area contributed by atoms with Gasteiger partial charge >= 0.3 is 0 Å². The van der Waals surface area contributed by atoms with Crippen molar-refractivity contribution in [1.29, 1.82) is 0 Å². The second-order valence-corrected chi connectivity index (χ2v) is 9.80. The van der Waals surface area contributed by atoms with Crippen LogP contribution in [0.3, 0.4) is 0 Å². The molecular formula is C27H28N6O3S. The zero-order valence-electron chi connectivity index (χ0n) is 20.2. The number of benzene rings is 3. The highest BCUT2D eigenvalue weighted by atomic mass is 32.1. The molecule has 2 amide bonds. The fraction of sp³-hybridized carbons (Fsp3) is 0.222. The molecule has 9 nitrogen and oxygen atoms in total. The van der Waals surface area contributed by atoms with E-state index < -0.39 is 5.91 Å². The molecule has 0 bridgehead atoms. The number of β-amino-alcohol motifs (C(OH)–C–C–N with tert-alkyl or cyclic N) is 1. The van der Waals surface area contributed by atoms with Crippen molar-refractivity contribution in [1.82, 2.24) is 9.88 Å². The first-order chi connectivity index (χ1) is 18.0. The van der Waals surface area contributed by atoms with Gasteiger partial charge in [-0.15, -0.1) is 0 Å². The van der Waals surface area contributed by atoms with Gasteiger partial charge in [0.05, 0.1) is 6.61 Å². The van der Waals surface area contributed by atoms with Gasteiger partial charge in [-0.05, 0) is 47.2 Å². The lowest BCUT2D eigenvalue weighted by atomic mass is 10.1. The molecule has 4 aromatic rings. The summed E-state index contributed by atoms with van der Waals surface area (Å²) >= 11 is 1.16. The van der Waals surface area contributed by atoms with E-state index in [4.69, 9.17) is 10.8 Å². The molecule has 0 saturated carbocycles. The number of carbonyl (C=O) groups excluding carboxylic acids is 2. The third-order valence-electron chi connectivity index (χ3n) is 6.37. The van der Waals surface area contributed by atoms with Gasteiger partial charge in [0.15, 0.2) is 10.8 Å². The molecular weight excluding hydrogens is 488 g/mol. The zero-order chi connectivity index (χ0) is 25.8. The number of aliphatic hydroxyl groups is 1. The standard InChI is InChI=1S/C27H28N6O3S/c28-24(35)23-26(37-27(30-23)29-21-8-5-18-3-1-2-4-20(18)17-21)31-25(36)19-6-9-22(10-7-19)33-13-11-32(12-14-33)15-16-34/h1-10,17,34H,11-16H2,(H2,28,35)(H,29,30)(H,31,36). The molecule has 1 aliphatic rings. The predicted octanol–water partition coefficient (Wildman–Crippen LogP) is 3.51. The van der Waals surface area contributed by atoms with E-state index in [9.17, 15) is 9.59 Å². The molecule has 10 heteroatoms. The Labute approximate surface area is 218 Å².